The lowest BCUT2D eigenvalue weighted by molar-refractivity contribution is -0.161. The topological polar surface area (TPSA) is 108 Å². The fourth-order valence-electron chi connectivity index (χ4n) is 6.83. The molecule has 9 heteroatoms. The Morgan fingerprint density at radius 1 is 0.466 bits per heavy atom. The summed E-state index contributed by atoms with van der Waals surface area (Å²) >= 11 is 0. The Kier molecular flexibility index (Phi) is 43.5. The second kappa shape index (κ2) is 44.8. The molecule has 0 aliphatic rings. The van der Waals surface area contributed by atoms with E-state index in [1.807, 2.05) is 0 Å². The van der Waals surface area contributed by atoms with Crippen molar-refractivity contribution in [2.75, 3.05) is 19.8 Å². The van der Waals surface area contributed by atoms with E-state index in [-0.39, 0.29) is 32.0 Å². The van der Waals surface area contributed by atoms with Crippen LogP contribution in [0, 0.1) is 0 Å². The molecule has 58 heavy (non-hydrogen) atoms. The number of carbonyl (C=O) groups excluding carboxylic acids is 2. The first-order valence-corrected chi connectivity index (χ1v) is 25.8. The predicted molar refractivity (Wildman–Crippen MR) is 244 cm³/mol. The summed E-state index contributed by atoms with van der Waals surface area (Å²) in [5, 5.41) is 0. The van der Waals surface area contributed by atoms with Crippen LogP contribution in [-0.4, -0.2) is 42.8 Å². The average molecular weight is 839 g/mol. The zero-order chi connectivity index (χ0) is 42.5. The Balaban J connectivity index is 4.02. The molecule has 0 spiro atoms. The number of allylic oxidation sites excluding steroid dienone is 6. The number of ether oxygens (including phenoxy) is 2. The van der Waals surface area contributed by atoms with Crippen molar-refractivity contribution in [2.24, 2.45) is 0 Å². The molecule has 0 aromatic rings. The van der Waals surface area contributed by atoms with E-state index < -0.39 is 26.5 Å². The van der Waals surface area contributed by atoms with Crippen molar-refractivity contribution in [3.05, 3.63) is 36.5 Å². The molecule has 0 aromatic heterocycles. The number of phosphoric acid groups is 1. The van der Waals surface area contributed by atoms with Gasteiger partial charge in [0.15, 0.2) is 6.10 Å². The maximum Gasteiger partial charge on any atom is 0.472 e. The number of rotatable bonds is 45. The van der Waals surface area contributed by atoms with Gasteiger partial charge in [-0.1, -0.05) is 185 Å². The van der Waals surface area contributed by atoms with E-state index in [9.17, 15) is 19.0 Å². The minimum Gasteiger partial charge on any atom is -0.462 e. The lowest BCUT2D eigenvalue weighted by atomic mass is 10.1. The molecule has 0 radical (unpaired) electrons. The first kappa shape index (κ1) is 56.3. The molecule has 0 rings (SSSR count). The van der Waals surface area contributed by atoms with Crippen LogP contribution >= 0.6 is 7.82 Å². The molecule has 0 aromatic carbocycles. The summed E-state index contributed by atoms with van der Waals surface area (Å²) in [6, 6.07) is 0. The summed E-state index contributed by atoms with van der Waals surface area (Å²) in [4.78, 5) is 34.9. The van der Waals surface area contributed by atoms with Crippen LogP contribution in [0.3, 0.4) is 0 Å². The van der Waals surface area contributed by atoms with Crippen molar-refractivity contribution in [3.8, 4) is 0 Å². The van der Waals surface area contributed by atoms with Gasteiger partial charge in [0.2, 0.25) is 0 Å². The zero-order valence-electron chi connectivity index (χ0n) is 38.0. The van der Waals surface area contributed by atoms with Crippen LogP contribution in [0.4, 0.5) is 0 Å². The van der Waals surface area contributed by atoms with Crippen molar-refractivity contribution in [1.29, 1.82) is 0 Å². The highest BCUT2D eigenvalue weighted by Gasteiger charge is 2.25. The number of esters is 2. The van der Waals surface area contributed by atoms with Crippen molar-refractivity contribution in [1.82, 2.24) is 0 Å². The van der Waals surface area contributed by atoms with E-state index in [4.69, 9.17) is 18.5 Å². The van der Waals surface area contributed by atoms with Gasteiger partial charge in [0, 0.05) is 12.8 Å². The van der Waals surface area contributed by atoms with Crippen molar-refractivity contribution >= 4 is 19.8 Å². The first-order chi connectivity index (χ1) is 28.3. The summed E-state index contributed by atoms with van der Waals surface area (Å²) in [6.07, 6.45) is 52.0. The highest BCUT2D eigenvalue weighted by Crippen LogP contribution is 2.43. The monoisotopic (exact) mass is 839 g/mol. The molecule has 0 bridgehead atoms. The van der Waals surface area contributed by atoms with Crippen LogP contribution in [0.1, 0.15) is 239 Å². The summed E-state index contributed by atoms with van der Waals surface area (Å²) in [5.41, 5.74) is 0. The molecule has 8 nitrogen and oxygen atoms in total. The van der Waals surface area contributed by atoms with E-state index in [2.05, 4.69) is 50.3 Å². The summed E-state index contributed by atoms with van der Waals surface area (Å²) in [6.45, 7) is 5.48. The number of hydrogen-bond donors (Lipinski definition) is 1. The van der Waals surface area contributed by atoms with Gasteiger partial charge >= 0.3 is 19.8 Å². The first-order valence-electron chi connectivity index (χ1n) is 24.3. The Hall–Kier alpha value is -1.73. The van der Waals surface area contributed by atoms with E-state index in [1.165, 1.54) is 154 Å². The van der Waals surface area contributed by atoms with Gasteiger partial charge in [0.05, 0.1) is 13.2 Å². The molecule has 2 atom stereocenters. The van der Waals surface area contributed by atoms with Gasteiger partial charge in [-0.2, -0.15) is 0 Å². The van der Waals surface area contributed by atoms with Crippen LogP contribution in [0.25, 0.3) is 0 Å². The quantitative estimate of drug-likeness (QED) is 0.0279. The normalized spacial score (nSPS) is 13.5. The highest BCUT2D eigenvalue weighted by atomic mass is 31.2. The van der Waals surface area contributed by atoms with Gasteiger partial charge in [-0.05, 0) is 77.6 Å². The minimum atomic E-state index is -4.28. The van der Waals surface area contributed by atoms with Crippen LogP contribution in [-0.2, 0) is 32.7 Å². The minimum absolute atomic E-state index is 0.000829. The van der Waals surface area contributed by atoms with Gasteiger partial charge in [-0.15, -0.1) is 0 Å². The number of hydrogen-bond acceptors (Lipinski definition) is 7. The Morgan fingerprint density at radius 2 is 0.828 bits per heavy atom. The molecule has 0 fully saturated rings. The van der Waals surface area contributed by atoms with Crippen LogP contribution in [0.15, 0.2) is 36.5 Å². The second-order valence-corrected chi connectivity index (χ2v) is 17.6. The predicted octanol–water partition coefficient (Wildman–Crippen LogP) is 15.6. The standard InChI is InChI=1S/C49H91O8P/c1-4-7-9-11-13-15-17-19-21-23-24-25-26-28-30-32-34-36-38-40-42-44-49(51)57-47(46-56-58(52,53)55-6-3)45-54-48(50)43-41-39-37-35-33-31-29-27-22-20-18-16-14-12-10-8-5-2/h17,19-20,22-24,47H,4-16,18,21,25-46H2,1-3H3,(H,52,53)/b19-17-,22-20-,24-23-. The van der Waals surface area contributed by atoms with Gasteiger partial charge in [0.1, 0.15) is 6.61 Å². The number of unbranched alkanes of at least 4 members (excludes halogenated alkanes) is 27. The fraction of sp³-hybridized carbons (Fsp3) is 0.837. The number of carbonyl (C=O) groups is 2. The number of phosphoric ester groups is 1. The van der Waals surface area contributed by atoms with E-state index in [0.717, 1.165) is 44.9 Å². The molecule has 0 saturated heterocycles. The Morgan fingerprint density at radius 3 is 1.24 bits per heavy atom. The van der Waals surface area contributed by atoms with Gasteiger partial charge < -0.3 is 14.4 Å². The van der Waals surface area contributed by atoms with E-state index >= 15 is 0 Å². The Bertz CT molecular complexity index is 1040. The summed E-state index contributed by atoms with van der Waals surface area (Å²) in [5.74, 6) is -0.800. The maximum absolute atomic E-state index is 12.6. The fourth-order valence-corrected chi connectivity index (χ4v) is 7.59. The molecule has 1 N–H and O–H groups in total. The van der Waals surface area contributed by atoms with Crippen LogP contribution < -0.4 is 0 Å². The van der Waals surface area contributed by atoms with Gasteiger partial charge in [-0.25, -0.2) is 4.57 Å². The molecule has 2 unspecified atom stereocenters. The maximum atomic E-state index is 12.6. The van der Waals surface area contributed by atoms with Crippen LogP contribution in [0.5, 0.6) is 0 Å². The van der Waals surface area contributed by atoms with Crippen molar-refractivity contribution < 1.29 is 37.6 Å². The average Bonchev–Trinajstić information content (AvgIpc) is 3.20. The van der Waals surface area contributed by atoms with Gasteiger partial charge in [-0.3, -0.25) is 18.6 Å². The largest absolute Gasteiger partial charge is 0.472 e. The SMILES string of the molecule is CCCCCCC/C=C\C/C=C\CCCCCCCCCCCC(=O)OC(COC(=O)CCCCCCCCC/C=C\CCCCCCCC)COP(=O)(O)OCC. The summed E-state index contributed by atoms with van der Waals surface area (Å²) < 4.78 is 32.7. The molecular weight excluding hydrogens is 748 g/mol. The molecule has 0 aliphatic heterocycles. The molecule has 340 valence electrons. The Labute approximate surface area is 357 Å². The lowest BCUT2D eigenvalue weighted by Gasteiger charge is -2.19. The van der Waals surface area contributed by atoms with E-state index in [1.54, 1.807) is 6.92 Å². The smallest absolute Gasteiger partial charge is 0.462 e. The van der Waals surface area contributed by atoms with E-state index in [0.29, 0.717) is 6.42 Å². The molecule has 0 amide bonds. The molecular formula is C49H91O8P. The zero-order valence-corrected chi connectivity index (χ0v) is 38.9. The van der Waals surface area contributed by atoms with Crippen molar-refractivity contribution in [3.63, 3.8) is 0 Å². The lowest BCUT2D eigenvalue weighted by Crippen LogP contribution is -2.29. The molecule has 0 heterocycles. The molecule has 0 aliphatic carbocycles. The van der Waals surface area contributed by atoms with Gasteiger partial charge in [0.25, 0.3) is 0 Å². The third kappa shape index (κ3) is 43.8. The summed E-state index contributed by atoms with van der Waals surface area (Å²) in [7, 11) is -4.28. The highest BCUT2D eigenvalue weighted by molar-refractivity contribution is 7.47. The second-order valence-electron chi connectivity index (χ2n) is 16.1. The van der Waals surface area contributed by atoms with Crippen molar-refractivity contribution in [2.45, 2.75) is 245 Å². The van der Waals surface area contributed by atoms with Crippen LogP contribution in [0.2, 0.25) is 0 Å². The third-order valence-corrected chi connectivity index (χ3v) is 11.5. The molecule has 0 saturated carbocycles. The third-order valence-electron chi connectivity index (χ3n) is 10.4.